The highest BCUT2D eigenvalue weighted by atomic mass is 16.2. The van der Waals surface area contributed by atoms with Crippen LogP contribution in [0.5, 0.6) is 0 Å². The number of nitriles is 1. The third kappa shape index (κ3) is 2.92. The Balaban J connectivity index is 1.79. The molecule has 0 radical (unpaired) electrons. The van der Waals surface area contributed by atoms with E-state index >= 15 is 0 Å². The van der Waals surface area contributed by atoms with Gasteiger partial charge in [-0.2, -0.15) is 5.26 Å². The molecule has 0 bridgehead atoms. The molecule has 1 saturated carbocycles. The second kappa shape index (κ2) is 5.41. The molecule has 1 aliphatic carbocycles. The van der Waals surface area contributed by atoms with Crippen molar-refractivity contribution >= 4 is 17.3 Å². The van der Waals surface area contributed by atoms with Crippen LogP contribution in [0.1, 0.15) is 18.4 Å². The second-order valence-electron chi connectivity index (χ2n) is 4.37. The minimum atomic E-state index is 0.135. The molecule has 2 rings (SSSR count). The molecule has 0 saturated heterocycles. The Labute approximate surface area is 106 Å². The molecule has 94 valence electrons. The van der Waals surface area contributed by atoms with Gasteiger partial charge in [-0.05, 0) is 25.0 Å². The first-order chi connectivity index (χ1) is 8.72. The first kappa shape index (κ1) is 12.2. The summed E-state index contributed by atoms with van der Waals surface area (Å²) in [6.07, 6.45) is 2.02. The fourth-order valence-electron chi connectivity index (χ4n) is 1.69. The number of anilines is 2. The van der Waals surface area contributed by atoms with Gasteiger partial charge in [0, 0.05) is 19.0 Å². The van der Waals surface area contributed by atoms with Crippen LogP contribution in [-0.4, -0.2) is 19.0 Å². The van der Waals surface area contributed by atoms with E-state index in [0.717, 1.165) is 18.5 Å². The van der Waals surface area contributed by atoms with Gasteiger partial charge in [-0.3, -0.25) is 4.79 Å². The molecular weight excluding hydrogens is 228 g/mol. The predicted molar refractivity (Wildman–Crippen MR) is 69.8 cm³/mol. The van der Waals surface area contributed by atoms with Crippen LogP contribution in [0.2, 0.25) is 0 Å². The first-order valence-electron chi connectivity index (χ1n) is 6.02. The fraction of sp³-hybridized carbons (Fsp3) is 0.385. The maximum atomic E-state index is 11.4. The van der Waals surface area contributed by atoms with E-state index in [2.05, 4.69) is 10.6 Å². The van der Waals surface area contributed by atoms with Gasteiger partial charge in [0.2, 0.25) is 5.91 Å². The third-order valence-electron chi connectivity index (χ3n) is 2.91. The number of benzene rings is 1. The smallest absolute Gasteiger partial charge is 0.223 e. The predicted octanol–water partition coefficient (Wildman–Crippen LogP) is 1.08. The van der Waals surface area contributed by atoms with Gasteiger partial charge < -0.3 is 16.4 Å². The van der Waals surface area contributed by atoms with Crippen molar-refractivity contribution in [2.45, 2.75) is 12.8 Å². The Bertz CT molecular complexity index is 488. The third-order valence-corrected chi connectivity index (χ3v) is 2.91. The number of nitrogens with one attached hydrogen (secondary N) is 2. The molecule has 5 nitrogen and oxygen atoms in total. The van der Waals surface area contributed by atoms with Crippen LogP contribution < -0.4 is 16.4 Å². The van der Waals surface area contributed by atoms with Crippen molar-refractivity contribution < 1.29 is 4.79 Å². The average molecular weight is 244 g/mol. The number of amides is 1. The molecule has 1 aliphatic rings. The highest BCUT2D eigenvalue weighted by Crippen LogP contribution is 2.28. The lowest BCUT2D eigenvalue weighted by molar-refractivity contribution is -0.122. The van der Waals surface area contributed by atoms with Crippen molar-refractivity contribution in [3.63, 3.8) is 0 Å². The number of nitrogen functional groups attached to an aromatic ring is 1. The zero-order valence-electron chi connectivity index (χ0n) is 10.1. The molecule has 0 aliphatic heterocycles. The minimum Gasteiger partial charge on any atom is -0.396 e. The molecule has 4 N–H and O–H groups in total. The maximum Gasteiger partial charge on any atom is 0.223 e. The molecule has 18 heavy (non-hydrogen) atoms. The number of nitrogens with zero attached hydrogens (tertiary/aromatic N) is 1. The van der Waals surface area contributed by atoms with Crippen molar-refractivity contribution in [2.24, 2.45) is 5.92 Å². The van der Waals surface area contributed by atoms with Gasteiger partial charge in [0.15, 0.2) is 0 Å². The molecule has 0 aromatic heterocycles. The lowest BCUT2D eigenvalue weighted by Gasteiger charge is -2.10. The molecule has 0 spiro atoms. The highest BCUT2D eigenvalue weighted by Gasteiger charge is 2.28. The molecule has 5 heteroatoms. The summed E-state index contributed by atoms with van der Waals surface area (Å²) in [6, 6.07) is 7.30. The summed E-state index contributed by atoms with van der Waals surface area (Å²) < 4.78 is 0. The lowest BCUT2D eigenvalue weighted by Crippen LogP contribution is -2.29. The van der Waals surface area contributed by atoms with E-state index in [1.54, 1.807) is 12.1 Å². The van der Waals surface area contributed by atoms with Gasteiger partial charge in [-0.25, -0.2) is 0 Å². The Morgan fingerprint density at radius 3 is 2.89 bits per heavy atom. The van der Waals surface area contributed by atoms with Crippen LogP contribution in [0, 0.1) is 17.2 Å². The van der Waals surface area contributed by atoms with Crippen molar-refractivity contribution in [3.8, 4) is 6.07 Å². The second-order valence-corrected chi connectivity index (χ2v) is 4.37. The number of rotatable bonds is 5. The van der Waals surface area contributed by atoms with E-state index in [1.165, 1.54) is 0 Å². The molecule has 0 heterocycles. The number of hydrogen-bond acceptors (Lipinski definition) is 4. The highest BCUT2D eigenvalue weighted by molar-refractivity contribution is 5.80. The Hall–Kier alpha value is -2.22. The molecular formula is C13H16N4O. The van der Waals surface area contributed by atoms with Crippen LogP contribution >= 0.6 is 0 Å². The van der Waals surface area contributed by atoms with E-state index in [0.29, 0.717) is 24.3 Å². The SMILES string of the molecule is N#Cc1cccc(NCCNC(=O)C2CC2)c1N. The number of nitrogens with two attached hydrogens (primary N) is 1. The van der Waals surface area contributed by atoms with Gasteiger partial charge >= 0.3 is 0 Å². The number of hydrogen-bond donors (Lipinski definition) is 3. The van der Waals surface area contributed by atoms with E-state index in [1.807, 2.05) is 12.1 Å². The van der Waals surface area contributed by atoms with Gasteiger partial charge in [0.1, 0.15) is 6.07 Å². The number of carbonyl (C=O) groups excluding carboxylic acids is 1. The van der Waals surface area contributed by atoms with Gasteiger partial charge in [-0.15, -0.1) is 0 Å². The number of para-hydroxylation sites is 1. The largest absolute Gasteiger partial charge is 0.396 e. The molecule has 1 amide bonds. The van der Waals surface area contributed by atoms with E-state index in [-0.39, 0.29) is 11.8 Å². The topological polar surface area (TPSA) is 90.9 Å². The van der Waals surface area contributed by atoms with Crippen LogP contribution in [0.15, 0.2) is 18.2 Å². The van der Waals surface area contributed by atoms with Gasteiger partial charge in [0.25, 0.3) is 0 Å². The van der Waals surface area contributed by atoms with Gasteiger partial charge in [-0.1, -0.05) is 6.07 Å². The van der Waals surface area contributed by atoms with Crippen LogP contribution in [0.3, 0.4) is 0 Å². The van der Waals surface area contributed by atoms with Crippen molar-refractivity contribution in [3.05, 3.63) is 23.8 Å². The Morgan fingerprint density at radius 1 is 1.44 bits per heavy atom. The zero-order valence-corrected chi connectivity index (χ0v) is 10.1. The zero-order chi connectivity index (χ0) is 13.0. The van der Waals surface area contributed by atoms with Crippen molar-refractivity contribution in [1.82, 2.24) is 5.32 Å². The average Bonchev–Trinajstić information content (AvgIpc) is 3.20. The summed E-state index contributed by atoms with van der Waals surface area (Å²) in [7, 11) is 0. The summed E-state index contributed by atoms with van der Waals surface area (Å²) in [5.41, 5.74) is 7.47. The maximum absolute atomic E-state index is 11.4. The van der Waals surface area contributed by atoms with Crippen LogP contribution in [0.25, 0.3) is 0 Å². The Morgan fingerprint density at radius 2 is 2.22 bits per heavy atom. The molecule has 1 fully saturated rings. The summed E-state index contributed by atoms with van der Waals surface area (Å²) in [6.45, 7) is 1.16. The van der Waals surface area contributed by atoms with E-state index in [4.69, 9.17) is 11.0 Å². The monoisotopic (exact) mass is 244 g/mol. The normalized spacial score (nSPS) is 13.7. The molecule has 0 unspecified atom stereocenters. The first-order valence-corrected chi connectivity index (χ1v) is 6.02. The van der Waals surface area contributed by atoms with Crippen LogP contribution in [0.4, 0.5) is 11.4 Å². The molecule has 1 aromatic rings. The number of carbonyl (C=O) groups is 1. The molecule has 0 atom stereocenters. The molecule has 1 aromatic carbocycles. The van der Waals surface area contributed by atoms with E-state index in [9.17, 15) is 4.79 Å². The van der Waals surface area contributed by atoms with Gasteiger partial charge in [0.05, 0.1) is 16.9 Å². The fourth-order valence-corrected chi connectivity index (χ4v) is 1.69. The standard InChI is InChI=1S/C13H16N4O/c14-8-10-2-1-3-11(12(10)15)16-6-7-17-13(18)9-4-5-9/h1-3,9,16H,4-7,15H2,(H,17,18). The van der Waals surface area contributed by atoms with E-state index < -0.39 is 0 Å². The Kier molecular flexibility index (Phi) is 3.68. The summed E-state index contributed by atoms with van der Waals surface area (Å²) in [5, 5.41) is 14.8. The minimum absolute atomic E-state index is 0.135. The summed E-state index contributed by atoms with van der Waals surface area (Å²) in [4.78, 5) is 11.4. The van der Waals surface area contributed by atoms with Crippen LogP contribution in [-0.2, 0) is 4.79 Å². The summed E-state index contributed by atoms with van der Waals surface area (Å²) >= 11 is 0. The summed E-state index contributed by atoms with van der Waals surface area (Å²) in [5.74, 6) is 0.368. The lowest BCUT2D eigenvalue weighted by atomic mass is 10.1. The van der Waals surface area contributed by atoms with Crippen molar-refractivity contribution in [2.75, 3.05) is 24.1 Å². The van der Waals surface area contributed by atoms with Crippen molar-refractivity contribution in [1.29, 1.82) is 5.26 Å². The quantitative estimate of drug-likeness (QED) is 0.534.